The standard InChI is InChI=1S/C8H9F3N6/c1-17-3-5(2-13-17)6-14-7(16-15-6)12-4-8(9,10)11/h2-3H,4H2,1H3,(H2,12,14,15,16). The largest absolute Gasteiger partial charge is 0.405 e. The van der Waals surface area contributed by atoms with Crippen LogP contribution in [0.4, 0.5) is 19.1 Å². The Balaban J connectivity index is 2.06. The van der Waals surface area contributed by atoms with Crippen LogP contribution >= 0.6 is 0 Å². The number of hydrogen-bond donors (Lipinski definition) is 2. The molecule has 2 aromatic heterocycles. The zero-order chi connectivity index (χ0) is 12.5. The van der Waals surface area contributed by atoms with Gasteiger partial charge in [0.05, 0.1) is 11.8 Å². The molecule has 0 fully saturated rings. The summed E-state index contributed by atoms with van der Waals surface area (Å²) in [5, 5.41) is 12.1. The van der Waals surface area contributed by atoms with E-state index >= 15 is 0 Å². The van der Waals surface area contributed by atoms with Crippen molar-refractivity contribution in [2.45, 2.75) is 6.18 Å². The molecule has 0 saturated heterocycles. The van der Waals surface area contributed by atoms with E-state index in [1.807, 2.05) is 0 Å². The fourth-order valence-electron chi connectivity index (χ4n) is 1.19. The van der Waals surface area contributed by atoms with Crippen LogP contribution in [0.25, 0.3) is 11.4 Å². The molecule has 2 N–H and O–H groups in total. The quantitative estimate of drug-likeness (QED) is 0.853. The second-order valence-corrected chi connectivity index (χ2v) is 3.38. The van der Waals surface area contributed by atoms with Crippen LogP contribution < -0.4 is 5.32 Å². The van der Waals surface area contributed by atoms with Crippen molar-refractivity contribution in [3.63, 3.8) is 0 Å². The van der Waals surface area contributed by atoms with Gasteiger partial charge >= 0.3 is 6.18 Å². The number of aryl methyl sites for hydroxylation is 1. The summed E-state index contributed by atoms with van der Waals surface area (Å²) >= 11 is 0. The van der Waals surface area contributed by atoms with Gasteiger partial charge in [-0.2, -0.15) is 23.3 Å². The monoisotopic (exact) mass is 246 g/mol. The number of halogens is 3. The first-order valence-corrected chi connectivity index (χ1v) is 4.66. The minimum atomic E-state index is -4.30. The van der Waals surface area contributed by atoms with E-state index in [9.17, 15) is 13.2 Å². The van der Waals surface area contributed by atoms with E-state index in [0.717, 1.165) is 0 Å². The lowest BCUT2D eigenvalue weighted by molar-refractivity contribution is -0.115. The van der Waals surface area contributed by atoms with E-state index in [0.29, 0.717) is 11.4 Å². The van der Waals surface area contributed by atoms with Gasteiger partial charge in [0.2, 0.25) is 5.95 Å². The van der Waals surface area contributed by atoms with Gasteiger partial charge in [-0.25, -0.2) is 0 Å². The fourth-order valence-corrected chi connectivity index (χ4v) is 1.19. The molecule has 6 nitrogen and oxygen atoms in total. The average molecular weight is 246 g/mol. The van der Waals surface area contributed by atoms with Crippen molar-refractivity contribution in [3.05, 3.63) is 12.4 Å². The molecule has 9 heteroatoms. The Morgan fingerprint density at radius 1 is 1.47 bits per heavy atom. The van der Waals surface area contributed by atoms with Crippen LogP contribution in [0, 0.1) is 0 Å². The molecule has 0 spiro atoms. The second kappa shape index (κ2) is 4.07. The van der Waals surface area contributed by atoms with Gasteiger partial charge in [-0.15, -0.1) is 5.10 Å². The number of nitrogens with one attached hydrogen (secondary N) is 2. The summed E-state index contributed by atoms with van der Waals surface area (Å²) in [6.45, 7) is -1.17. The first-order chi connectivity index (χ1) is 7.94. The molecule has 0 unspecified atom stereocenters. The normalized spacial score (nSPS) is 11.8. The third kappa shape index (κ3) is 2.95. The van der Waals surface area contributed by atoms with Crippen LogP contribution in [-0.2, 0) is 7.05 Å². The highest BCUT2D eigenvalue weighted by Crippen LogP contribution is 2.17. The molecular formula is C8H9F3N6. The van der Waals surface area contributed by atoms with Crippen molar-refractivity contribution in [1.82, 2.24) is 25.0 Å². The number of aromatic amines is 1. The lowest BCUT2D eigenvalue weighted by Crippen LogP contribution is -2.21. The third-order valence-corrected chi connectivity index (χ3v) is 1.91. The molecule has 2 heterocycles. The van der Waals surface area contributed by atoms with Gasteiger partial charge in [-0.05, 0) is 0 Å². The highest BCUT2D eigenvalue weighted by Gasteiger charge is 2.27. The second-order valence-electron chi connectivity index (χ2n) is 3.38. The summed E-state index contributed by atoms with van der Waals surface area (Å²) in [7, 11) is 1.72. The van der Waals surface area contributed by atoms with Gasteiger partial charge in [-0.3, -0.25) is 9.78 Å². The average Bonchev–Trinajstić information content (AvgIpc) is 2.81. The molecular weight excluding hydrogens is 237 g/mol. The van der Waals surface area contributed by atoms with Crippen LogP contribution in [-0.4, -0.2) is 37.7 Å². The van der Waals surface area contributed by atoms with Gasteiger partial charge in [0.1, 0.15) is 6.54 Å². The maximum absolute atomic E-state index is 11.9. The maximum atomic E-state index is 11.9. The Morgan fingerprint density at radius 2 is 2.24 bits per heavy atom. The predicted octanol–water partition coefficient (Wildman–Crippen LogP) is 1.18. The van der Waals surface area contributed by atoms with Crippen molar-refractivity contribution in [2.75, 3.05) is 11.9 Å². The highest BCUT2D eigenvalue weighted by atomic mass is 19.4. The van der Waals surface area contributed by atoms with Gasteiger partial charge in [0, 0.05) is 13.2 Å². The number of aromatic nitrogens is 5. The van der Waals surface area contributed by atoms with Crippen molar-refractivity contribution in [3.8, 4) is 11.4 Å². The number of H-pyrrole nitrogens is 1. The van der Waals surface area contributed by atoms with E-state index in [1.165, 1.54) is 6.20 Å². The molecule has 0 radical (unpaired) electrons. The molecule has 2 rings (SSSR count). The van der Waals surface area contributed by atoms with Gasteiger partial charge < -0.3 is 5.32 Å². The number of nitrogens with zero attached hydrogens (tertiary/aromatic N) is 4. The molecule has 17 heavy (non-hydrogen) atoms. The Bertz CT molecular complexity index is 499. The van der Waals surface area contributed by atoms with Crippen molar-refractivity contribution >= 4 is 5.95 Å². The number of anilines is 1. The molecule has 0 atom stereocenters. The van der Waals surface area contributed by atoms with E-state index in [4.69, 9.17) is 0 Å². The number of rotatable bonds is 3. The van der Waals surface area contributed by atoms with Crippen molar-refractivity contribution in [2.24, 2.45) is 7.05 Å². The molecule has 0 bridgehead atoms. The Hall–Kier alpha value is -2.06. The van der Waals surface area contributed by atoms with E-state index in [-0.39, 0.29) is 5.95 Å². The zero-order valence-electron chi connectivity index (χ0n) is 8.78. The number of alkyl halides is 3. The molecule has 92 valence electrons. The minimum Gasteiger partial charge on any atom is -0.344 e. The molecule has 0 saturated carbocycles. The van der Waals surface area contributed by atoms with Crippen LogP contribution in [0.1, 0.15) is 0 Å². The van der Waals surface area contributed by atoms with E-state index in [2.05, 4.69) is 25.6 Å². The van der Waals surface area contributed by atoms with Gasteiger partial charge in [-0.1, -0.05) is 0 Å². The first kappa shape index (κ1) is 11.4. The van der Waals surface area contributed by atoms with Crippen molar-refractivity contribution < 1.29 is 13.2 Å². The molecule has 0 aliphatic carbocycles. The van der Waals surface area contributed by atoms with Gasteiger partial charge in [0.25, 0.3) is 0 Å². The first-order valence-electron chi connectivity index (χ1n) is 4.66. The summed E-state index contributed by atoms with van der Waals surface area (Å²) in [6, 6.07) is 0. The predicted molar refractivity (Wildman–Crippen MR) is 53.1 cm³/mol. The van der Waals surface area contributed by atoms with Crippen molar-refractivity contribution in [1.29, 1.82) is 0 Å². The van der Waals surface area contributed by atoms with E-state index < -0.39 is 12.7 Å². The zero-order valence-corrected chi connectivity index (χ0v) is 8.78. The lowest BCUT2D eigenvalue weighted by Gasteiger charge is -2.04. The van der Waals surface area contributed by atoms with Crippen LogP contribution in [0.5, 0.6) is 0 Å². The Morgan fingerprint density at radius 3 is 2.82 bits per heavy atom. The maximum Gasteiger partial charge on any atom is 0.405 e. The smallest absolute Gasteiger partial charge is 0.344 e. The fraction of sp³-hybridized carbons (Fsp3) is 0.375. The molecule has 0 aliphatic rings. The summed E-state index contributed by atoms with van der Waals surface area (Å²) in [5.74, 6) is 0.268. The third-order valence-electron chi connectivity index (χ3n) is 1.91. The summed E-state index contributed by atoms with van der Waals surface area (Å²) < 4.78 is 37.4. The SMILES string of the molecule is Cn1cc(-c2nc(NCC(F)(F)F)n[nH]2)cn1. The van der Waals surface area contributed by atoms with E-state index in [1.54, 1.807) is 17.9 Å². The van der Waals surface area contributed by atoms with Crippen LogP contribution in [0.15, 0.2) is 12.4 Å². The molecule has 0 amide bonds. The number of hydrogen-bond acceptors (Lipinski definition) is 4. The van der Waals surface area contributed by atoms with Gasteiger partial charge in [0.15, 0.2) is 5.82 Å². The molecule has 0 aromatic carbocycles. The molecule has 2 aromatic rings. The molecule has 0 aliphatic heterocycles. The summed E-state index contributed by atoms with van der Waals surface area (Å²) in [6.07, 6.45) is -1.09. The van der Waals surface area contributed by atoms with Crippen LogP contribution in [0.2, 0.25) is 0 Å². The summed E-state index contributed by atoms with van der Waals surface area (Å²) in [5.41, 5.74) is 0.653. The topological polar surface area (TPSA) is 71.4 Å². The highest BCUT2D eigenvalue weighted by molar-refractivity contribution is 5.53. The Labute approximate surface area is 93.9 Å². The summed E-state index contributed by atoms with van der Waals surface area (Å²) in [4.78, 5) is 3.87. The Kier molecular flexibility index (Phi) is 2.74. The minimum absolute atomic E-state index is 0.0961. The lowest BCUT2D eigenvalue weighted by atomic mass is 10.3. The van der Waals surface area contributed by atoms with Crippen LogP contribution in [0.3, 0.4) is 0 Å².